The molecule has 2 aromatic heterocycles. The molecule has 2 amide bonds. The third kappa shape index (κ3) is 3.92. The van der Waals surface area contributed by atoms with Gasteiger partial charge in [0.15, 0.2) is 0 Å². The summed E-state index contributed by atoms with van der Waals surface area (Å²) in [5, 5.41) is 3.20. The van der Waals surface area contributed by atoms with Crippen molar-refractivity contribution < 1.29 is 9.21 Å². The summed E-state index contributed by atoms with van der Waals surface area (Å²) in [5.41, 5.74) is 0. The van der Waals surface area contributed by atoms with Crippen LogP contribution in [0.4, 0.5) is 10.7 Å². The first-order valence-corrected chi connectivity index (χ1v) is 8.91. The molecule has 1 saturated carbocycles. The van der Waals surface area contributed by atoms with Gasteiger partial charge in [0.05, 0.1) is 12.8 Å². The third-order valence-electron chi connectivity index (χ3n) is 4.74. The maximum Gasteiger partial charge on any atom is 0.318 e. The van der Waals surface area contributed by atoms with Crippen LogP contribution in [0.1, 0.15) is 31.4 Å². The lowest BCUT2D eigenvalue weighted by Gasteiger charge is -2.34. The number of hydrogen-bond donors (Lipinski definition) is 1. The molecule has 7 nitrogen and oxygen atoms in total. The second-order valence-corrected chi connectivity index (χ2v) is 6.72. The highest BCUT2D eigenvalue weighted by molar-refractivity contribution is 5.75. The molecular weight excluding hydrogens is 318 g/mol. The van der Waals surface area contributed by atoms with Crippen molar-refractivity contribution in [1.82, 2.24) is 20.2 Å². The van der Waals surface area contributed by atoms with Crippen LogP contribution in [-0.4, -0.2) is 46.1 Å². The van der Waals surface area contributed by atoms with Crippen molar-refractivity contribution in [2.45, 2.75) is 44.3 Å². The van der Waals surface area contributed by atoms with Crippen molar-refractivity contribution in [3.05, 3.63) is 42.6 Å². The minimum atomic E-state index is -0.000250. The fraction of sp³-hybridized carbons (Fsp3) is 0.500. The van der Waals surface area contributed by atoms with Crippen molar-refractivity contribution in [3.8, 4) is 0 Å². The van der Waals surface area contributed by atoms with Crippen LogP contribution < -0.4 is 10.2 Å². The van der Waals surface area contributed by atoms with Crippen LogP contribution in [0.3, 0.4) is 0 Å². The van der Waals surface area contributed by atoms with Crippen LogP contribution in [0, 0.1) is 0 Å². The number of amides is 2. The van der Waals surface area contributed by atoms with Gasteiger partial charge in [-0.1, -0.05) is 0 Å². The van der Waals surface area contributed by atoms with E-state index in [0.29, 0.717) is 12.6 Å². The first kappa shape index (κ1) is 15.9. The van der Waals surface area contributed by atoms with Gasteiger partial charge in [0.25, 0.3) is 0 Å². The number of rotatable bonds is 5. The first-order valence-electron chi connectivity index (χ1n) is 8.91. The van der Waals surface area contributed by atoms with Gasteiger partial charge in [-0.25, -0.2) is 14.8 Å². The predicted octanol–water partition coefficient (Wildman–Crippen LogP) is 2.41. The lowest BCUT2D eigenvalue weighted by atomic mass is 10.1. The molecule has 2 fully saturated rings. The van der Waals surface area contributed by atoms with Gasteiger partial charge in [-0.05, 0) is 43.9 Å². The fourth-order valence-corrected chi connectivity index (χ4v) is 3.31. The molecule has 0 aromatic carbocycles. The standard InChI is InChI=1S/C18H23N5O2/c24-18(23(15-6-7-15)13-16-5-2-11-25-16)21-14-4-1-10-22(12-14)17-19-8-3-9-20-17/h2-3,5,8-9,11,14-15H,1,4,6-7,10,12-13H2,(H,21,24)/t14-/m1/s1. The van der Waals surface area contributed by atoms with E-state index >= 15 is 0 Å². The predicted molar refractivity (Wildman–Crippen MR) is 93.1 cm³/mol. The van der Waals surface area contributed by atoms with Crippen molar-refractivity contribution in [3.63, 3.8) is 0 Å². The Labute approximate surface area is 147 Å². The van der Waals surface area contributed by atoms with E-state index in [1.807, 2.05) is 23.1 Å². The molecule has 3 heterocycles. The number of aromatic nitrogens is 2. The van der Waals surface area contributed by atoms with Crippen molar-refractivity contribution >= 4 is 12.0 Å². The number of carbonyl (C=O) groups excluding carboxylic acids is 1. The summed E-state index contributed by atoms with van der Waals surface area (Å²) in [5.74, 6) is 1.56. The molecule has 1 aliphatic heterocycles. The SMILES string of the molecule is O=C(N[C@@H]1CCCN(c2ncccn2)C1)N(Cc1ccco1)C1CC1. The first-order chi connectivity index (χ1) is 12.3. The number of furan rings is 1. The molecule has 7 heteroatoms. The summed E-state index contributed by atoms with van der Waals surface area (Å²) in [6.07, 6.45) is 9.30. The van der Waals surface area contributed by atoms with E-state index in [4.69, 9.17) is 4.42 Å². The van der Waals surface area contributed by atoms with Gasteiger partial charge in [-0.15, -0.1) is 0 Å². The molecule has 0 radical (unpaired) electrons. The average molecular weight is 341 g/mol. The second kappa shape index (κ2) is 7.13. The number of nitrogens with zero attached hydrogens (tertiary/aromatic N) is 4. The quantitative estimate of drug-likeness (QED) is 0.904. The van der Waals surface area contributed by atoms with Gasteiger partial charge in [0.1, 0.15) is 5.76 Å². The van der Waals surface area contributed by atoms with Crippen LogP contribution >= 0.6 is 0 Å². The Morgan fingerprint density at radius 3 is 2.84 bits per heavy atom. The van der Waals surface area contributed by atoms with Crippen LogP contribution in [-0.2, 0) is 6.54 Å². The molecule has 2 aromatic rings. The van der Waals surface area contributed by atoms with E-state index in [2.05, 4.69) is 20.2 Å². The Kier molecular flexibility index (Phi) is 4.54. The Morgan fingerprint density at radius 1 is 1.28 bits per heavy atom. The molecule has 132 valence electrons. The molecule has 1 aliphatic carbocycles. The summed E-state index contributed by atoms with van der Waals surface area (Å²) in [4.78, 5) is 25.5. The van der Waals surface area contributed by atoms with Gasteiger partial charge in [0, 0.05) is 37.6 Å². The van der Waals surface area contributed by atoms with Crippen LogP contribution in [0.5, 0.6) is 0 Å². The third-order valence-corrected chi connectivity index (χ3v) is 4.74. The molecular formula is C18H23N5O2. The smallest absolute Gasteiger partial charge is 0.318 e. The van der Waals surface area contributed by atoms with Crippen molar-refractivity contribution in [1.29, 1.82) is 0 Å². The summed E-state index contributed by atoms with van der Waals surface area (Å²) in [6, 6.07) is 6.04. The van der Waals surface area contributed by atoms with Gasteiger partial charge in [-0.2, -0.15) is 0 Å². The van der Waals surface area contributed by atoms with E-state index in [1.54, 1.807) is 18.7 Å². The minimum Gasteiger partial charge on any atom is -0.467 e. The highest BCUT2D eigenvalue weighted by Crippen LogP contribution is 2.28. The second-order valence-electron chi connectivity index (χ2n) is 6.72. The summed E-state index contributed by atoms with van der Waals surface area (Å²) in [6.45, 7) is 2.20. The minimum absolute atomic E-state index is 0.000250. The van der Waals surface area contributed by atoms with Crippen LogP contribution in [0.2, 0.25) is 0 Å². The Hall–Kier alpha value is -2.57. The normalized spacial score (nSPS) is 20.3. The molecule has 0 unspecified atom stereocenters. The van der Waals surface area contributed by atoms with E-state index in [1.165, 1.54) is 0 Å². The summed E-state index contributed by atoms with van der Waals surface area (Å²) >= 11 is 0. The molecule has 0 bridgehead atoms. The fourth-order valence-electron chi connectivity index (χ4n) is 3.31. The lowest BCUT2D eigenvalue weighted by Crippen LogP contribution is -2.52. The largest absolute Gasteiger partial charge is 0.467 e. The van der Waals surface area contributed by atoms with Crippen molar-refractivity contribution in [2.75, 3.05) is 18.0 Å². The highest BCUT2D eigenvalue weighted by atomic mass is 16.3. The van der Waals surface area contributed by atoms with E-state index < -0.39 is 0 Å². The summed E-state index contributed by atoms with van der Waals surface area (Å²) in [7, 11) is 0. The number of piperidine rings is 1. The van der Waals surface area contributed by atoms with Gasteiger partial charge in [-0.3, -0.25) is 0 Å². The number of anilines is 1. The zero-order chi connectivity index (χ0) is 17.1. The van der Waals surface area contributed by atoms with E-state index in [-0.39, 0.29) is 12.1 Å². The number of hydrogen-bond acceptors (Lipinski definition) is 5. The average Bonchev–Trinajstić information content (AvgIpc) is 3.36. The number of nitrogens with one attached hydrogen (secondary N) is 1. The molecule has 2 aliphatic rings. The van der Waals surface area contributed by atoms with Gasteiger partial charge in [0.2, 0.25) is 5.95 Å². The van der Waals surface area contributed by atoms with E-state index in [9.17, 15) is 4.79 Å². The van der Waals surface area contributed by atoms with Gasteiger partial charge >= 0.3 is 6.03 Å². The zero-order valence-corrected chi connectivity index (χ0v) is 14.2. The number of urea groups is 1. The monoisotopic (exact) mass is 341 g/mol. The van der Waals surface area contributed by atoms with Crippen molar-refractivity contribution in [2.24, 2.45) is 0 Å². The maximum atomic E-state index is 12.8. The molecule has 0 spiro atoms. The highest BCUT2D eigenvalue weighted by Gasteiger charge is 2.34. The molecule has 4 rings (SSSR count). The van der Waals surface area contributed by atoms with Gasteiger partial charge < -0.3 is 19.5 Å². The van der Waals surface area contributed by atoms with Crippen LogP contribution in [0.25, 0.3) is 0 Å². The molecule has 1 saturated heterocycles. The lowest BCUT2D eigenvalue weighted by molar-refractivity contribution is 0.181. The molecule has 1 N–H and O–H groups in total. The zero-order valence-electron chi connectivity index (χ0n) is 14.2. The topological polar surface area (TPSA) is 74.5 Å². The molecule has 1 atom stereocenters. The number of carbonyl (C=O) groups is 1. The Bertz CT molecular complexity index is 687. The van der Waals surface area contributed by atoms with Crippen LogP contribution in [0.15, 0.2) is 41.3 Å². The molecule has 25 heavy (non-hydrogen) atoms. The Morgan fingerprint density at radius 2 is 2.12 bits per heavy atom. The van der Waals surface area contributed by atoms with E-state index in [0.717, 1.165) is 50.5 Å². The summed E-state index contributed by atoms with van der Waals surface area (Å²) < 4.78 is 5.41. The Balaban J connectivity index is 1.37. The maximum absolute atomic E-state index is 12.8.